The first kappa shape index (κ1) is 14.4. The molecule has 21 heavy (non-hydrogen) atoms. The van der Waals surface area contributed by atoms with Gasteiger partial charge in [0.1, 0.15) is 5.78 Å². The minimum atomic E-state index is 0.211. The highest BCUT2D eigenvalue weighted by Gasteiger charge is 2.37. The van der Waals surface area contributed by atoms with Crippen LogP contribution in [0.25, 0.3) is 0 Å². The van der Waals surface area contributed by atoms with Crippen LogP contribution in [-0.2, 0) is 11.2 Å². The quantitative estimate of drug-likeness (QED) is 0.857. The molecule has 0 radical (unpaired) electrons. The molecule has 0 aliphatic carbocycles. The average molecular weight is 289 g/mol. The van der Waals surface area contributed by atoms with Gasteiger partial charge in [0.15, 0.2) is 11.5 Å². The molecule has 2 aliphatic heterocycles. The number of hydrogen-bond acceptors (Lipinski definition) is 4. The van der Waals surface area contributed by atoms with Gasteiger partial charge in [-0.1, -0.05) is 6.92 Å². The second kappa shape index (κ2) is 5.68. The molecule has 1 aromatic carbocycles. The number of benzene rings is 1. The molecule has 0 N–H and O–H groups in total. The monoisotopic (exact) mass is 289 g/mol. The van der Waals surface area contributed by atoms with Gasteiger partial charge in [0.2, 0.25) is 0 Å². The number of piperidine rings is 1. The van der Waals surface area contributed by atoms with Crippen molar-refractivity contribution in [2.45, 2.75) is 32.2 Å². The first-order valence-electron chi connectivity index (χ1n) is 7.69. The predicted octanol–water partition coefficient (Wildman–Crippen LogP) is 2.60. The molecule has 0 saturated carbocycles. The van der Waals surface area contributed by atoms with E-state index < -0.39 is 0 Å². The lowest BCUT2D eigenvalue weighted by atomic mass is 9.82. The Labute approximate surface area is 126 Å². The highest BCUT2D eigenvalue weighted by molar-refractivity contribution is 5.83. The molecule has 2 atom stereocenters. The van der Waals surface area contributed by atoms with Gasteiger partial charge in [0, 0.05) is 31.5 Å². The second-order valence-corrected chi connectivity index (χ2v) is 5.94. The highest BCUT2D eigenvalue weighted by Crippen LogP contribution is 2.42. The summed E-state index contributed by atoms with van der Waals surface area (Å²) in [5.41, 5.74) is 2.53. The number of ketones is 1. The summed E-state index contributed by atoms with van der Waals surface area (Å²) in [5.74, 6) is 2.14. The molecule has 2 aliphatic rings. The van der Waals surface area contributed by atoms with Gasteiger partial charge in [0.25, 0.3) is 0 Å². The Kier molecular flexibility index (Phi) is 3.89. The molecule has 1 aromatic rings. The Morgan fingerprint density at radius 2 is 1.95 bits per heavy atom. The van der Waals surface area contributed by atoms with Gasteiger partial charge in [0.05, 0.1) is 14.2 Å². The van der Waals surface area contributed by atoms with Gasteiger partial charge in [-0.05, 0) is 36.1 Å². The van der Waals surface area contributed by atoms with Gasteiger partial charge in [-0.15, -0.1) is 0 Å². The van der Waals surface area contributed by atoms with Crippen LogP contribution in [0.1, 0.15) is 36.9 Å². The van der Waals surface area contributed by atoms with Crippen molar-refractivity contribution in [3.8, 4) is 11.5 Å². The summed E-state index contributed by atoms with van der Waals surface area (Å²) in [4.78, 5) is 14.7. The number of hydrogen-bond donors (Lipinski definition) is 0. The minimum Gasteiger partial charge on any atom is -0.493 e. The lowest BCUT2D eigenvalue weighted by Crippen LogP contribution is -2.46. The molecule has 0 spiro atoms. The van der Waals surface area contributed by atoms with E-state index in [9.17, 15) is 4.79 Å². The SMILES string of the molecule is CC[C@@H]1CN2CCc3cc(OC)c(OC)cc3[C@@H]2CC1=O. The largest absolute Gasteiger partial charge is 0.493 e. The van der Waals surface area contributed by atoms with E-state index >= 15 is 0 Å². The van der Waals surface area contributed by atoms with Crippen LogP contribution >= 0.6 is 0 Å². The summed E-state index contributed by atoms with van der Waals surface area (Å²) in [5, 5.41) is 0. The Hall–Kier alpha value is -1.55. The van der Waals surface area contributed by atoms with Crippen LogP contribution in [0.4, 0.5) is 0 Å². The topological polar surface area (TPSA) is 38.8 Å². The van der Waals surface area contributed by atoms with E-state index in [0.29, 0.717) is 12.2 Å². The third-order valence-corrected chi connectivity index (χ3v) is 4.91. The Morgan fingerprint density at radius 1 is 1.24 bits per heavy atom. The number of methoxy groups -OCH3 is 2. The molecule has 4 heteroatoms. The number of ether oxygens (including phenoxy) is 2. The molecule has 2 heterocycles. The summed E-state index contributed by atoms with van der Waals surface area (Å²) in [7, 11) is 3.32. The molecule has 0 amide bonds. The maximum absolute atomic E-state index is 12.3. The van der Waals surface area contributed by atoms with E-state index in [1.54, 1.807) is 14.2 Å². The summed E-state index contributed by atoms with van der Waals surface area (Å²) in [6.07, 6.45) is 2.58. The van der Waals surface area contributed by atoms with Gasteiger partial charge >= 0.3 is 0 Å². The fourth-order valence-corrected chi connectivity index (χ4v) is 3.64. The van der Waals surface area contributed by atoms with Crippen molar-refractivity contribution in [2.75, 3.05) is 27.3 Å². The first-order chi connectivity index (χ1) is 10.2. The fraction of sp³-hybridized carbons (Fsp3) is 0.588. The normalized spacial score (nSPS) is 25.2. The molecular weight excluding hydrogens is 266 g/mol. The van der Waals surface area contributed by atoms with E-state index in [0.717, 1.165) is 37.4 Å². The molecular formula is C17H23NO3. The van der Waals surface area contributed by atoms with E-state index in [4.69, 9.17) is 9.47 Å². The summed E-state index contributed by atoms with van der Waals surface area (Å²) >= 11 is 0. The van der Waals surface area contributed by atoms with Crippen molar-refractivity contribution in [2.24, 2.45) is 5.92 Å². The molecule has 3 rings (SSSR count). The van der Waals surface area contributed by atoms with Gasteiger partial charge in [-0.3, -0.25) is 9.69 Å². The van der Waals surface area contributed by atoms with Gasteiger partial charge < -0.3 is 9.47 Å². The molecule has 4 nitrogen and oxygen atoms in total. The third kappa shape index (κ3) is 2.42. The van der Waals surface area contributed by atoms with Crippen molar-refractivity contribution in [3.63, 3.8) is 0 Å². The zero-order valence-electron chi connectivity index (χ0n) is 13.0. The number of rotatable bonds is 3. The maximum atomic E-state index is 12.3. The second-order valence-electron chi connectivity index (χ2n) is 5.94. The van der Waals surface area contributed by atoms with E-state index in [2.05, 4.69) is 24.0 Å². The number of fused-ring (bicyclic) bond motifs is 3. The molecule has 0 aromatic heterocycles. The van der Waals surface area contributed by atoms with Gasteiger partial charge in [-0.2, -0.15) is 0 Å². The van der Waals surface area contributed by atoms with Crippen molar-refractivity contribution in [1.29, 1.82) is 0 Å². The molecule has 114 valence electrons. The van der Waals surface area contributed by atoms with Crippen molar-refractivity contribution >= 4 is 5.78 Å². The number of nitrogens with zero attached hydrogens (tertiary/aromatic N) is 1. The Morgan fingerprint density at radius 3 is 2.62 bits per heavy atom. The van der Waals surface area contributed by atoms with Crippen LogP contribution in [-0.4, -0.2) is 38.0 Å². The van der Waals surface area contributed by atoms with Gasteiger partial charge in [-0.25, -0.2) is 0 Å². The van der Waals surface area contributed by atoms with E-state index in [-0.39, 0.29) is 12.0 Å². The first-order valence-corrected chi connectivity index (χ1v) is 7.69. The molecule has 1 saturated heterocycles. The maximum Gasteiger partial charge on any atom is 0.161 e. The van der Waals surface area contributed by atoms with E-state index in [1.165, 1.54) is 11.1 Å². The van der Waals surface area contributed by atoms with Crippen LogP contribution in [0.3, 0.4) is 0 Å². The van der Waals surface area contributed by atoms with E-state index in [1.807, 2.05) is 0 Å². The molecule has 0 unspecified atom stereocenters. The fourth-order valence-electron chi connectivity index (χ4n) is 3.64. The summed E-state index contributed by atoms with van der Waals surface area (Å²) in [6.45, 7) is 4.03. The Bertz CT molecular complexity index is 555. The van der Waals surface area contributed by atoms with Crippen LogP contribution in [0.2, 0.25) is 0 Å². The van der Waals surface area contributed by atoms with Crippen LogP contribution in [0.15, 0.2) is 12.1 Å². The van der Waals surface area contributed by atoms with Crippen molar-refractivity contribution in [1.82, 2.24) is 4.90 Å². The summed E-state index contributed by atoms with van der Waals surface area (Å²) in [6, 6.07) is 4.34. The average Bonchev–Trinajstić information content (AvgIpc) is 2.52. The summed E-state index contributed by atoms with van der Waals surface area (Å²) < 4.78 is 10.8. The predicted molar refractivity (Wildman–Crippen MR) is 81.0 cm³/mol. The standard InChI is InChI=1S/C17H23NO3/c1-4-11-10-18-6-5-12-7-16(20-2)17(21-3)8-13(12)14(18)9-15(11)19/h7-8,11,14H,4-6,9-10H2,1-3H3/t11-,14+/m1/s1. The Balaban J connectivity index is 1.97. The van der Waals surface area contributed by atoms with Crippen LogP contribution < -0.4 is 9.47 Å². The van der Waals surface area contributed by atoms with Crippen molar-refractivity contribution in [3.05, 3.63) is 23.3 Å². The number of Topliss-reactive ketones (excluding diaryl/α,β-unsaturated/α-hetero) is 1. The lowest BCUT2D eigenvalue weighted by Gasteiger charge is -2.42. The smallest absolute Gasteiger partial charge is 0.161 e. The highest BCUT2D eigenvalue weighted by atomic mass is 16.5. The lowest BCUT2D eigenvalue weighted by molar-refractivity contribution is -0.128. The zero-order valence-corrected chi connectivity index (χ0v) is 13.0. The molecule has 0 bridgehead atoms. The minimum absolute atomic E-state index is 0.211. The van der Waals surface area contributed by atoms with Crippen LogP contribution in [0, 0.1) is 5.92 Å². The third-order valence-electron chi connectivity index (χ3n) is 4.91. The zero-order chi connectivity index (χ0) is 15.0. The number of carbonyl (C=O) groups excluding carboxylic acids is 1. The van der Waals surface area contributed by atoms with Crippen LogP contribution in [0.5, 0.6) is 11.5 Å². The number of carbonyl (C=O) groups is 1. The molecule has 1 fully saturated rings. The van der Waals surface area contributed by atoms with Crippen molar-refractivity contribution < 1.29 is 14.3 Å².